The number of nitrogens with zero attached hydrogens (tertiary/aromatic N) is 5. The number of carbonyl (C=O) groups is 1. The quantitative estimate of drug-likeness (QED) is 0.274. The maximum Gasteiger partial charge on any atom is 0.267 e. The first-order valence-corrected chi connectivity index (χ1v) is 14.8. The van der Waals surface area contributed by atoms with Crippen LogP contribution in [0.2, 0.25) is 25.7 Å². The minimum Gasteiger partial charge on any atom is -0.497 e. The van der Waals surface area contributed by atoms with Crippen molar-refractivity contribution in [1.82, 2.24) is 24.3 Å². The SMILES string of the molecule is COc1ccc(Cn2ncc(-c3ncnc4c3ccn4COCC[Si](C)(C)C)c2C(N)=O)cc1. The van der Waals surface area contributed by atoms with Gasteiger partial charge in [0.1, 0.15) is 30.1 Å². The van der Waals surface area contributed by atoms with Gasteiger partial charge in [-0.1, -0.05) is 31.8 Å². The van der Waals surface area contributed by atoms with Gasteiger partial charge in [-0.15, -0.1) is 0 Å². The zero-order valence-corrected chi connectivity index (χ0v) is 21.0. The molecule has 3 heterocycles. The second kappa shape index (κ2) is 9.78. The molecule has 0 aliphatic carbocycles. The van der Waals surface area contributed by atoms with Crippen molar-refractivity contribution in [3.05, 3.63) is 60.3 Å². The molecule has 0 saturated carbocycles. The van der Waals surface area contributed by atoms with E-state index in [1.807, 2.05) is 41.1 Å². The Hall–Kier alpha value is -3.50. The predicted octanol–water partition coefficient (Wildman–Crippen LogP) is 3.76. The average Bonchev–Trinajstić information content (AvgIpc) is 3.41. The topological polar surface area (TPSA) is 110 Å². The van der Waals surface area contributed by atoms with Gasteiger partial charge < -0.3 is 19.8 Å². The normalized spacial score (nSPS) is 11.8. The summed E-state index contributed by atoms with van der Waals surface area (Å²) in [6.45, 7) is 8.49. The Morgan fingerprint density at radius 2 is 1.88 bits per heavy atom. The van der Waals surface area contributed by atoms with Crippen LogP contribution in [0.4, 0.5) is 0 Å². The van der Waals surface area contributed by atoms with Gasteiger partial charge in [0.25, 0.3) is 5.91 Å². The van der Waals surface area contributed by atoms with E-state index >= 15 is 0 Å². The molecular formula is C24H30N6O3Si. The Bertz CT molecular complexity index is 1290. The lowest BCUT2D eigenvalue weighted by Gasteiger charge is -2.15. The predicted molar refractivity (Wildman–Crippen MR) is 133 cm³/mol. The lowest BCUT2D eigenvalue weighted by molar-refractivity contribution is 0.0898. The zero-order valence-electron chi connectivity index (χ0n) is 20.0. The molecule has 9 nitrogen and oxygen atoms in total. The van der Waals surface area contributed by atoms with E-state index < -0.39 is 14.0 Å². The molecule has 0 fully saturated rings. The third kappa shape index (κ3) is 5.18. The van der Waals surface area contributed by atoms with E-state index in [1.54, 1.807) is 18.0 Å². The second-order valence-corrected chi connectivity index (χ2v) is 15.0. The van der Waals surface area contributed by atoms with E-state index in [1.165, 1.54) is 6.33 Å². The summed E-state index contributed by atoms with van der Waals surface area (Å²) in [4.78, 5) is 21.4. The maximum atomic E-state index is 12.4. The number of ether oxygens (including phenoxy) is 2. The molecule has 4 aromatic rings. The summed E-state index contributed by atoms with van der Waals surface area (Å²) in [5, 5.41) is 5.25. The minimum atomic E-state index is -1.15. The molecule has 0 saturated heterocycles. The number of aromatic nitrogens is 5. The van der Waals surface area contributed by atoms with Crippen molar-refractivity contribution in [2.45, 2.75) is 39.0 Å². The number of fused-ring (bicyclic) bond motifs is 1. The van der Waals surface area contributed by atoms with Gasteiger partial charge in [-0.3, -0.25) is 9.48 Å². The molecule has 0 aliphatic rings. The second-order valence-electron chi connectivity index (χ2n) is 9.37. The number of benzene rings is 1. The van der Waals surface area contributed by atoms with E-state index in [0.717, 1.165) is 35.0 Å². The standard InChI is InChI=1S/C24H30N6O3Si/c1-32-18-7-5-17(6-8-18)14-30-22(23(25)31)20(13-28-30)21-19-9-10-29(24(19)27-15-26-21)16-33-11-12-34(2,3)4/h5-10,13,15H,11-12,14,16H2,1-4H3,(H2,25,31). The summed E-state index contributed by atoms with van der Waals surface area (Å²) in [7, 11) is 0.467. The fraction of sp³-hybridized carbons (Fsp3) is 0.333. The Balaban J connectivity index is 1.62. The highest BCUT2D eigenvalue weighted by Crippen LogP contribution is 2.29. The van der Waals surface area contributed by atoms with Crippen LogP contribution in [-0.2, 0) is 18.0 Å². The van der Waals surface area contributed by atoms with Crippen LogP contribution < -0.4 is 10.5 Å². The molecule has 2 N–H and O–H groups in total. The third-order valence-electron chi connectivity index (χ3n) is 5.60. The average molecular weight is 479 g/mol. The van der Waals surface area contributed by atoms with Crippen LogP contribution in [0.1, 0.15) is 16.1 Å². The lowest BCUT2D eigenvalue weighted by atomic mass is 10.1. The van der Waals surface area contributed by atoms with Gasteiger partial charge in [0.15, 0.2) is 0 Å². The molecule has 0 bridgehead atoms. The van der Waals surface area contributed by atoms with Crippen molar-refractivity contribution in [3.8, 4) is 17.0 Å². The third-order valence-corrected chi connectivity index (χ3v) is 7.31. The number of carbonyl (C=O) groups excluding carboxylic acids is 1. The molecule has 178 valence electrons. The van der Waals surface area contributed by atoms with Crippen molar-refractivity contribution in [3.63, 3.8) is 0 Å². The van der Waals surface area contributed by atoms with Crippen LogP contribution in [-0.4, -0.2) is 52.0 Å². The monoisotopic (exact) mass is 478 g/mol. The number of primary amides is 1. The first kappa shape index (κ1) is 23.6. The van der Waals surface area contributed by atoms with Gasteiger partial charge in [0, 0.05) is 26.3 Å². The molecule has 0 unspecified atom stereocenters. The van der Waals surface area contributed by atoms with Gasteiger partial charge >= 0.3 is 0 Å². The van der Waals surface area contributed by atoms with Crippen molar-refractivity contribution in [2.24, 2.45) is 5.73 Å². The van der Waals surface area contributed by atoms with E-state index in [2.05, 4.69) is 34.7 Å². The Kier molecular flexibility index (Phi) is 6.80. The number of methoxy groups -OCH3 is 1. The van der Waals surface area contributed by atoms with Crippen molar-refractivity contribution in [1.29, 1.82) is 0 Å². The maximum absolute atomic E-state index is 12.4. The van der Waals surface area contributed by atoms with Crippen LogP contribution in [0.5, 0.6) is 5.75 Å². The van der Waals surface area contributed by atoms with Crippen LogP contribution in [0, 0.1) is 0 Å². The van der Waals surface area contributed by atoms with Crippen LogP contribution in [0.3, 0.4) is 0 Å². The molecule has 0 spiro atoms. The number of rotatable bonds is 10. The summed E-state index contributed by atoms with van der Waals surface area (Å²) in [5.74, 6) is 0.194. The van der Waals surface area contributed by atoms with Gasteiger partial charge in [-0.25, -0.2) is 9.97 Å². The van der Waals surface area contributed by atoms with Crippen LogP contribution >= 0.6 is 0 Å². The van der Waals surface area contributed by atoms with Crippen LogP contribution in [0.25, 0.3) is 22.3 Å². The van der Waals surface area contributed by atoms with Crippen molar-refractivity contribution < 1.29 is 14.3 Å². The van der Waals surface area contributed by atoms with E-state index in [-0.39, 0.29) is 0 Å². The molecule has 10 heteroatoms. The first-order chi connectivity index (χ1) is 16.3. The van der Waals surface area contributed by atoms with Crippen molar-refractivity contribution in [2.75, 3.05) is 13.7 Å². The zero-order chi connectivity index (χ0) is 24.3. The number of amides is 1. The van der Waals surface area contributed by atoms with Gasteiger partial charge in [0.2, 0.25) is 0 Å². The summed E-state index contributed by atoms with van der Waals surface area (Å²) < 4.78 is 14.6. The van der Waals surface area contributed by atoms with E-state index in [0.29, 0.717) is 30.2 Å². The smallest absolute Gasteiger partial charge is 0.267 e. The molecule has 0 atom stereocenters. The fourth-order valence-electron chi connectivity index (χ4n) is 3.71. The first-order valence-electron chi connectivity index (χ1n) is 11.1. The number of hydrogen-bond donors (Lipinski definition) is 1. The van der Waals surface area contributed by atoms with Gasteiger partial charge in [-0.2, -0.15) is 5.10 Å². The highest BCUT2D eigenvalue weighted by molar-refractivity contribution is 6.76. The van der Waals surface area contributed by atoms with Crippen LogP contribution in [0.15, 0.2) is 49.1 Å². The summed E-state index contributed by atoms with van der Waals surface area (Å²) in [6, 6.07) is 10.6. The molecule has 4 rings (SSSR count). The van der Waals surface area contributed by atoms with Gasteiger partial charge in [-0.05, 0) is 29.8 Å². The molecule has 3 aromatic heterocycles. The van der Waals surface area contributed by atoms with Gasteiger partial charge in [0.05, 0.1) is 31.1 Å². The van der Waals surface area contributed by atoms with E-state index in [9.17, 15) is 4.79 Å². The van der Waals surface area contributed by atoms with E-state index in [4.69, 9.17) is 15.2 Å². The molecular weight excluding hydrogens is 448 g/mol. The molecule has 34 heavy (non-hydrogen) atoms. The summed E-state index contributed by atoms with van der Waals surface area (Å²) >= 11 is 0. The molecule has 1 aromatic carbocycles. The Morgan fingerprint density at radius 1 is 1.12 bits per heavy atom. The largest absolute Gasteiger partial charge is 0.497 e. The number of hydrogen-bond acceptors (Lipinski definition) is 6. The highest BCUT2D eigenvalue weighted by atomic mass is 28.3. The minimum absolute atomic E-state index is 0.301. The molecule has 0 radical (unpaired) electrons. The molecule has 1 amide bonds. The number of nitrogens with two attached hydrogens (primary N) is 1. The summed E-state index contributed by atoms with van der Waals surface area (Å²) in [5.41, 5.74) is 8.96. The Morgan fingerprint density at radius 3 is 2.56 bits per heavy atom. The fourth-order valence-corrected chi connectivity index (χ4v) is 4.46. The van der Waals surface area contributed by atoms with Crippen molar-refractivity contribution >= 4 is 25.0 Å². The summed E-state index contributed by atoms with van der Waals surface area (Å²) in [6.07, 6.45) is 5.04. The molecule has 0 aliphatic heterocycles. The highest BCUT2D eigenvalue weighted by Gasteiger charge is 2.21. The Labute approximate surface area is 199 Å². The lowest BCUT2D eigenvalue weighted by Crippen LogP contribution is -2.22.